The molecule has 0 aliphatic heterocycles. The largest absolute Gasteiger partial charge is 0.480 e. The van der Waals surface area contributed by atoms with Gasteiger partial charge in [0.05, 0.1) is 6.04 Å². The van der Waals surface area contributed by atoms with E-state index < -0.39 is 71.8 Å². The second kappa shape index (κ2) is 29.1. The van der Waals surface area contributed by atoms with Crippen molar-refractivity contribution in [2.75, 3.05) is 26.2 Å². The van der Waals surface area contributed by atoms with E-state index in [9.17, 15) is 33.9 Å². The third-order valence-electron chi connectivity index (χ3n) is 9.28. The van der Waals surface area contributed by atoms with Gasteiger partial charge in [0.15, 0.2) is 0 Å². The molecule has 56 heavy (non-hydrogen) atoms. The number of benzene rings is 1. The molecule has 16 N–H and O–H groups in total. The van der Waals surface area contributed by atoms with Gasteiger partial charge in [-0.2, -0.15) is 0 Å². The Hall–Kier alpha value is -4.16. The molecule has 1 rings (SSSR count). The summed E-state index contributed by atoms with van der Waals surface area (Å²) in [5.41, 5.74) is 29.5. The van der Waals surface area contributed by atoms with Crippen molar-refractivity contribution in [3.63, 3.8) is 0 Å². The minimum atomic E-state index is -1.21. The molecule has 0 heterocycles. The van der Waals surface area contributed by atoms with Crippen molar-refractivity contribution in [1.82, 2.24) is 26.6 Å². The quantitative estimate of drug-likeness (QED) is 0.0430. The lowest BCUT2D eigenvalue weighted by Gasteiger charge is -2.27. The summed E-state index contributed by atoms with van der Waals surface area (Å²) in [6, 6.07) is 2.58. The van der Waals surface area contributed by atoms with Crippen LogP contribution in [-0.4, -0.2) is 103 Å². The molecule has 0 aliphatic carbocycles. The lowest BCUT2D eigenvalue weighted by atomic mass is 10.0. The Bertz CT molecular complexity index is 1320. The van der Waals surface area contributed by atoms with Gasteiger partial charge in [-0.15, -0.1) is 0 Å². The van der Waals surface area contributed by atoms with Gasteiger partial charge in [0, 0.05) is 6.42 Å². The van der Waals surface area contributed by atoms with Gasteiger partial charge >= 0.3 is 5.97 Å². The second-order valence-electron chi connectivity index (χ2n) is 14.7. The third kappa shape index (κ3) is 20.7. The molecule has 0 radical (unpaired) electrons. The summed E-state index contributed by atoms with van der Waals surface area (Å²) in [4.78, 5) is 80.3. The molecule has 318 valence electrons. The minimum absolute atomic E-state index is 0.0662. The van der Waals surface area contributed by atoms with E-state index >= 15 is 0 Å². The smallest absolute Gasteiger partial charge is 0.326 e. The van der Waals surface area contributed by atoms with E-state index in [0.717, 1.165) is 5.56 Å². The summed E-state index contributed by atoms with van der Waals surface area (Å²) in [6.45, 7) is 5.35. The van der Waals surface area contributed by atoms with Gasteiger partial charge < -0.3 is 60.4 Å². The topological polar surface area (TPSA) is 313 Å². The summed E-state index contributed by atoms with van der Waals surface area (Å²) < 4.78 is 0. The Morgan fingerprint density at radius 3 is 1.23 bits per heavy atom. The first-order valence-corrected chi connectivity index (χ1v) is 20.1. The highest BCUT2D eigenvalue weighted by Gasteiger charge is 2.33. The molecule has 1 aromatic rings. The lowest BCUT2D eigenvalue weighted by molar-refractivity contribution is -0.142. The van der Waals surface area contributed by atoms with E-state index in [2.05, 4.69) is 26.6 Å². The number of amides is 5. The van der Waals surface area contributed by atoms with Crippen LogP contribution in [0.5, 0.6) is 0 Å². The van der Waals surface area contributed by atoms with Crippen molar-refractivity contribution in [3.8, 4) is 0 Å². The van der Waals surface area contributed by atoms with Crippen LogP contribution in [0.3, 0.4) is 0 Å². The molecule has 0 bridgehead atoms. The number of carbonyl (C=O) groups excluding carboxylic acids is 5. The van der Waals surface area contributed by atoms with Crippen molar-refractivity contribution < 1.29 is 33.9 Å². The molecule has 6 atom stereocenters. The van der Waals surface area contributed by atoms with Crippen molar-refractivity contribution in [3.05, 3.63) is 35.9 Å². The average molecular weight is 791 g/mol. The van der Waals surface area contributed by atoms with Crippen molar-refractivity contribution >= 4 is 35.5 Å². The number of carboxylic acids is 1. The number of hydrogen-bond donors (Lipinski definition) is 11. The van der Waals surface area contributed by atoms with Crippen molar-refractivity contribution in [2.24, 2.45) is 34.6 Å². The Balaban J connectivity index is 3.39. The third-order valence-corrected chi connectivity index (χ3v) is 9.28. The van der Waals surface area contributed by atoms with Crippen LogP contribution in [0.25, 0.3) is 0 Å². The Kier molecular flexibility index (Phi) is 25.9. The molecule has 5 amide bonds. The normalized spacial score (nSPS) is 14.4. The van der Waals surface area contributed by atoms with Gasteiger partial charge in [-0.3, -0.25) is 24.0 Å². The van der Waals surface area contributed by atoms with E-state index in [-0.39, 0.29) is 38.0 Å². The molecule has 0 aromatic heterocycles. The minimum Gasteiger partial charge on any atom is -0.480 e. The Morgan fingerprint density at radius 1 is 0.518 bits per heavy atom. The van der Waals surface area contributed by atoms with Crippen LogP contribution in [0.1, 0.15) is 103 Å². The van der Waals surface area contributed by atoms with Gasteiger partial charge in [-0.1, -0.05) is 44.2 Å². The second-order valence-corrected chi connectivity index (χ2v) is 14.7. The lowest BCUT2D eigenvalue weighted by Crippen LogP contribution is -2.59. The molecule has 0 saturated carbocycles. The van der Waals surface area contributed by atoms with E-state index in [1.807, 2.05) is 19.9 Å². The first kappa shape index (κ1) is 49.9. The fourth-order valence-corrected chi connectivity index (χ4v) is 6.08. The summed E-state index contributed by atoms with van der Waals surface area (Å²) in [5.74, 6) is -4.13. The van der Waals surface area contributed by atoms with Crippen LogP contribution in [-0.2, 0) is 35.2 Å². The van der Waals surface area contributed by atoms with Gasteiger partial charge in [0.2, 0.25) is 29.5 Å². The van der Waals surface area contributed by atoms with Crippen LogP contribution >= 0.6 is 0 Å². The van der Waals surface area contributed by atoms with E-state index in [0.29, 0.717) is 84.0 Å². The predicted octanol–water partition coefficient (Wildman–Crippen LogP) is -0.373. The summed E-state index contributed by atoms with van der Waals surface area (Å²) in [7, 11) is 0. The van der Waals surface area contributed by atoms with Crippen LogP contribution in [0, 0.1) is 5.92 Å². The number of carboxylic acid groups (broad SMARTS) is 1. The van der Waals surface area contributed by atoms with Gasteiger partial charge in [-0.25, -0.2) is 4.79 Å². The fraction of sp³-hybridized carbons (Fsp3) is 0.692. The van der Waals surface area contributed by atoms with E-state index in [1.165, 1.54) is 0 Å². The summed E-state index contributed by atoms with van der Waals surface area (Å²) in [6.07, 6.45) is 5.52. The molecule has 0 fully saturated rings. The molecule has 0 unspecified atom stereocenters. The molecule has 17 nitrogen and oxygen atoms in total. The first-order valence-electron chi connectivity index (χ1n) is 20.1. The highest BCUT2D eigenvalue weighted by Crippen LogP contribution is 2.11. The number of unbranched alkanes of at least 4 members (excludes halogenated alkanes) is 4. The molecule has 0 spiro atoms. The van der Waals surface area contributed by atoms with Crippen LogP contribution in [0.4, 0.5) is 0 Å². The van der Waals surface area contributed by atoms with Gasteiger partial charge in [0.25, 0.3) is 0 Å². The predicted molar refractivity (Wildman–Crippen MR) is 216 cm³/mol. The van der Waals surface area contributed by atoms with Gasteiger partial charge in [0.1, 0.15) is 30.2 Å². The monoisotopic (exact) mass is 791 g/mol. The van der Waals surface area contributed by atoms with Crippen LogP contribution in [0.15, 0.2) is 30.3 Å². The molecular weight excluding hydrogens is 720 g/mol. The maximum atomic E-state index is 14.1. The number of nitrogens with two attached hydrogens (primary N) is 5. The van der Waals surface area contributed by atoms with Crippen molar-refractivity contribution in [1.29, 1.82) is 0 Å². The van der Waals surface area contributed by atoms with Crippen molar-refractivity contribution in [2.45, 2.75) is 140 Å². The number of carbonyl (C=O) groups is 6. The van der Waals surface area contributed by atoms with Crippen LogP contribution < -0.4 is 55.3 Å². The highest BCUT2D eigenvalue weighted by molar-refractivity contribution is 5.96. The number of rotatable bonds is 31. The van der Waals surface area contributed by atoms with E-state index in [1.54, 1.807) is 24.3 Å². The van der Waals surface area contributed by atoms with Crippen LogP contribution in [0.2, 0.25) is 0 Å². The zero-order valence-corrected chi connectivity index (χ0v) is 33.4. The average Bonchev–Trinajstić information content (AvgIpc) is 3.16. The fourth-order valence-electron chi connectivity index (χ4n) is 6.08. The molecule has 0 saturated heterocycles. The Labute approximate surface area is 332 Å². The Morgan fingerprint density at radius 2 is 0.857 bits per heavy atom. The maximum absolute atomic E-state index is 14.1. The number of aliphatic carboxylic acids is 1. The zero-order chi connectivity index (χ0) is 41.9. The molecular formula is C39H70N10O7. The first-order chi connectivity index (χ1) is 26.8. The zero-order valence-electron chi connectivity index (χ0n) is 33.4. The standard InChI is InChI=1S/C39H70N10O7/c1-26(2)24-28(44)34(50)45-29(16-6-10-20-40)37(53)49-33(25-27-14-4-3-5-15-27)38(54)47-30(17-7-11-21-41)35(51)46-31(18-8-12-22-42)36(52)48-32(39(55)56)19-9-13-23-43/h3-5,14-15,26,28-33H,6-13,16-25,40-44H2,1-2H3,(H,45,50)(H,46,51)(H,47,54)(H,48,52)(H,49,53)(H,55,56)/t28-,29-,30-,31-,32-,33-/m0/s1. The summed E-state index contributed by atoms with van der Waals surface area (Å²) >= 11 is 0. The molecule has 0 aliphatic rings. The molecule has 1 aromatic carbocycles. The highest BCUT2D eigenvalue weighted by atomic mass is 16.4. The SMILES string of the molecule is CC(C)C[C@H](N)C(=O)N[C@@H](CCCCN)C(=O)N[C@@H](Cc1ccccc1)C(=O)N[C@@H](CCCCN)C(=O)N[C@@H](CCCCN)C(=O)N[C@@H](CCCCN)C(=O)O. The molecule has 17 heteroatoms. The maximum Gasteiger partial charge on any atom is 0.326 e. The van der Waals surface area contributed by atoms with Gasteiger partial charge in [-0.05, 0) is 121 Å². The number of hydrogen-bond acceptors (Lipinski definition) is 11. The number of nitrogens with one attached hydrogen (secondary N) is 5. The van der Waals surface area contributed by atoms with E-state index in [4.69, 9.17) is 28.7 Å². The summed E-state index contributed by atoms with van der Waals surface area (Å²) in [5, 5.41) is 23.4.